The molecule has 1 aliphatic rings. The molecule has 0 fully saturated rings. The van der Waals surface area contributed by atoms with E-state index in [9.17, 15) is 5.11 Å². The van der Waals surface area contributed by atoms with Crippen LogP contribution in [0.2, 0.25) is 0 Å². The molecular formula is C17H14OSSe. The number of benzene rings is 2. The first-order valence-electron chi connectivity index (χ1n) is 6.74. The van der Waals surface area contributed by atoms with Crippen molar-refractivity contribution in [3.8, 4) is 0 Å². The summed E-state index contributed by atoms with van der Waals surface area (Å²) in [6, 6.07) is 19.1. The van der Waals surface area contributed by atoms with E-state index in [2.05, 4.69) is 54.6 Å². The molecule has 0 radical (unpaired) electrons. The summed E-state index contributed by atoms with van der Waals surface area (Å²) < 4.78 is 2.73. The van der Waals surface area contributed by atoms with Gasteiger partial charge in [0.1, 0.15) is 0 Å². The zero-order chi connectivity index (χ0) is 13.5. The third-order valence-electron chi connectivity index (χ3n) is 3.79. The number of hydrogen-bond acceptors (Lipinski definition) is 2. The number of fused-ring (bicyclic) bond motifs is 3. The molecule has 0 bridgehead atoms. The molecule has 2 aromatic carbocycles. The van der Waals surface area contributed by atoms with Gasteiger partial charge < -0.3 is 0 Å². The van der Waals surface area contributed by atoms with Gasteiger partial charge in [-0.3, -0.25) is 0 Å². The number of aliphatic hydroxyl groups excluding tert-OH is 1. The predicted molar refractivity (Wildman–Crippen MR) is 86.0 cm³/mol. The molecule has 3 heteroatoms. The third-order valence-corrected chi connectivity index (χ3v) is 8.28. The van der Waals surface area contributed by atoms with Crippen LogP contribution in [0.3, 0.4) is 0 Å². The normalized spacial score (nSPS) is 21.9. The van der Waals surface area contributed by atoms with Gasteiger partial charge >= 0.3 is 128 Å². The van der Waals surface area contributed by atoms with Crippen molar-refractivity contribution < 1.29 is 5.11 Å². The Kier molecular flexibility index (Phi) is 3.16. The summed E-state index contributed by atoms with van der Waals surface area (Å²) in [7, 11) is 0. The van der Waals surface area contributed by atoms with Crippen molar-refractivity contribution in [2.24, 2.45) is 0 Å². The molecule has 100 valence electrons. The van der Waals surface area contributed by atoms with Crippen LogP contribution in [0.4, 0.5) is 0 Å². The van der Waals surface area contributed by atoms with E-state index in [0.717, 1.165) is 6.42 Å². The zero-order valence-electron chi connectivity index (χ0n) is 10.8. The first-order valence-corrected chi connectivity index (χ1v) is 9.40. The monoisotopic (exact) mass is 346 g/mol. The molecule has 0 spiro atoms. The van der Waals surface area contributed by atoms with Crippen LogP contribution in [0.25, 0.3) is 10.1 Å². The van der Waals surface area contributed by atoms with Gasteiger partial charge in [-0.2, -0.15) is 0 Å². The van der Waals surface area contributed by atoms with E-state index in [0.29, 0.717) is 19.8 Å². The number of thiophene rings is 1. The molecule has 1 N–H and O–H groups in total. The van der Waals surface area contributed by atoms with Crippen molar-refractivity contribution in [2.45, 2.75) is 17.3 Å². The van der Waals surface area contributed by atoms with Crippen LogP contribution in [0.15, 0.2) is 54.6 Å². The van der Waals surface area contributed by atoms with Gasteiger partial charge in [-0.15, -0.1) is 0 Å². The van der Waals surface area contributed by atoms with Crippen LogP contribution < -0.4 is 3.78 Å². The molecule has 1 nitrogen and oxygen atoms in total. The SMILES string of the molecule is OC1CC(c2ccccc2)[Se]c2sc3ccccc3c21. The molecule has 0 aliphatic carbocycles. The molecule has 3 aromatic rings. The predicted octanol–water partition coefficient (Wildman–Crippen LogP) is 3.41. The van der Waals surface area contributed by atoms with Gasteiger partial charge in [0.2, 0.25) is 0 Å². The number of aliphatic hydroxyl groups is 1. The van der Waals surface area contributed by atoms with Gasteiger partial charge in [0.25, 0.3) is 0 Å². The van der Waals surface area contributed by atoms with E-state index in [1.54, 1.807) is 0 Å². The first-order chi connectivity index (χ1) is 9.83. The Labute approximate surface area is 128 Å². The Balaban J connectivity index is 1.80. The second kappa shape index (κ2) is 5.01. The molecule has 2 heterocycles. The summed E-state index contributed by atoms with van der Waals surface area (Å²) in [6.45, 7) is 0. The molecule has 4 rings (SSSR count). The van der Waals surface area contributed by atoms with Crippen molar-refractivity contribution in [3.05, 3.63) is 65.7 Å². The quantitative estimate of drug-likeness (QED) is 0.670. The Hall–Kier alpha value is -1.12. The van der Waals surface area contributed by atoms with E-state index in [-0.39, 0.29) is 6.10 Å². The van der Waals surface area contributed by atoms with Crippen molar-refractivity contribution >= 4 is 40.2 Å². The van der Waals surface area contributed by atoms with E-state index in [4.69, 9.17) is 0 Å². The fourth-order valence-electron chi connectivity index (χ4n) is 2.82. The Bertz CT molecular complexity index is 750. The molecule has 0 amide bonds. The second-order valence-corrected chi connectivity index (χ2v) is 9.25. The van der Waals surface area contributed by atoms with E-state index >= 15 is 0 Å². The zero-order valence-corrected chi connectivity index (χ0v) is 13.4. The minimum absolute atomic E-state index is 0.318. The fraction of sp³-hybridized carbons (Fsp3) is 0.176. The standard InChI is InChI=1S/C17H14OSSe/c18-13-10-15(11-6-2-1-3-7-11)20-17-16(13)12-8-4-5-9-14(12)19-17/h1-9,13,15,18H,10H2. The Morgan fingerprint density at radius 3 is 2.60 bits per heavy atom. The summed E-state index contributed by atoms with van der Waals surface area (Å²) in [5.74, 6) is 0. The third kappa shape index (κ3) is 2.02. The van der Waals surface area contributed by atoms with Crippen LogP contribution in [0, 0.1) is 0 Å². The maximum atomic E-state index is 10.6. The molecule has 20 heavy (non-hydrogen) atoms. The average molecular weight is 345 g/mol. The second-order valence-electron chi connectivity index (χ2n) is 5.07. The van der Waals surface area contributed by atoms with Crippen molar-refractivity contribution in [3.63, 3.8) is 0 Å². The van der Waals surface area contributed by atoms with Crippen LogP contribution in [-0.2, 0) is 0 Å². The van der Waals surface area contributed by atoms with Crippen LogP contribution in [0.1, 0.15) is 28.5 Å². The number of rotatable bonds is 1. The summed E-state index contributed by atoms with van der Waals surface area (Å²) in [4.78, 5) is 0.499. The summed E-state index contributed by atoms with van der Waals surface area (Å²) in [6.07, 6.45) is 0.541. The van der Waals surface area contributed by atoms with E-state index < -0.39 is 0 Å². The number of hydrogen-bond donors (Lipinski definition) is 1. The summed E-state index contributed by atoms with van der Waals surface area (Å²) >= 11 is 2.29. The molecular weight excluding hydrogens is 331 g/mol. The first kappa shape index (κ1) is 12.6. The molecule has 0 saturated heterocycles. The summed E-state index contributed by atoms with van der Waals surface area (Å²) in [5.41, 5.74) is 2.58. The van der Waals surface area contributed by atoms with Crippen molar-refractivity contribution in [2.75, 3.05) is 0 Å². The molecule has 2 unspecified atom stereocenters. The molecule has 0 saturated carbocycles. The van der Waals surface area contributed by atoms with Gasteiger partial charge in [-0.1, -0.05) is 0 Å². The van der Waals surface area contributed by atoms with E-state index in [1.165, 1.54) is 25.0 Å². The van der Waals surface area contributed by atoms with Gasteiger partial charge in [0.05, 0.1) is 0 Å². The minimum atomic E-state index is -0.318. The molecule has 2 atom stereocenters. The van der Waals surface area contributed by atoms with Crippen molar-refractivity contribution in [1.82, 2.24) is 0 Å². The van der Waals surface area contributed by atoms with Gasteiger partial charge in [0, 0.05) is 0 Å². The maximum absolute atomic E-state index is 10.6. The van der Waals surface area contributed by atoms with Crippen LogP contribution in [0.5, 0.6) is 0 Å². The van der Waals surface area contributed by atoms with Gasteiger partial charge in [-0.25, -0.2) is 0 Å². The summed E-state index contributed by atoms with van der Waals surface area (Å²) in [5, 5.41) is 11.9. The van der Waals surface area contributed by atoms with Gasteiger partial charge in [-0.05, 0) is 0 Å². The van der Waals surface area contributed by atoms with Crippen molar-refractivity contribution in [1.29, 1.82) is 0 Å². The van der Waals surface area contributed by atoms with Crippen LogP contribution >= 0.6 is 11.3 Å². The van der Waals surface area contributed by atoms with Gasteiger partial charge in [0.15, 0.2) is 0 Å². The van der Waals surface area contributed by atoms with Crippen LogP contribution in [-0.4, -0.2) is 20.1 Å². The van der Waals surface area contributed by atoms with E-state index in [1.807, 2.05) is 11.3 Å². The Morgan fingerprint density at radius 2 is 1.75 bits per heavy atom. The fourth-order valence-corrected chi connectivity index (χ4v) is 7.85. The Morgan fingerprint density at radius 1 is 1.00 bits per heavy atom. The topological polar surface area (TPSA) is 20.2 Å². The molecule has 1 aliphatic heterocycles. The molecule has 1 aromatic heterocycles. The average Bonchev–Trinajstić information content (AvgIpc) is 2.87.